The molecule has 130 valence electrons. The lowest BCUT2D eigenvalue weighted by atomic mass is 10.2. The maximum absolute atomic E-state index is 12.2. The first-order valence-corrected chi connectivity index (χ1v) is 8.05. The van der Waals surface area contributed by atoms with E-state index >= 15 is 0 Å². The van der Waals surface area contributed by atoms with Crippen LogP contribution >= 0.6 is 24.2 Å². The van der Waals surface area contributed by atoms with Crippen LogP contribution in [0, 0.1) is 0 Å². The Balaban J connectivity index is 0.00000484. The number of amides is 2. The zero-order chi connectivity index (χ0) is 16.4. The van der Waals surface area contributed by atoms with Gasteiger partial charge < -0.3 is 21.1 Å². The third kappa shape index (κ3) is 8.22. The second kappa shape index (κ2) is 12.2. The highest BCUT2D eigenvalue weighted by Crippen LogP contribution is 2.22. The van der Waals surface area contributed by atoms with Crippen molar-refractivity contribution >= 4 is 36.0 Å². The van der Waals surface area contributed by atoms with E-state index in [0.29, 0.717) is 25.3 Å². The molecule has 4 N–H and O–H groups in total. The topological polar surface area (TPSA) is 93.4 Å². The van der Waals surface area contributed by atoms with Gasteiger partial charge in [-0.15, -0.1) is 24.2 Å². The van der Waals surface area contributed by atoms with Crippen LogP contribution in [0.1, 0.15) is 17.3 Å². The number of carbonyl (C=O) groups excluding carboxylic acids is 2. The molecule has 8 heteroatoms. The normalized spacial score (nSPS) is 11.3. The summed E-state index contributed by atoms with van der Waals surface area (Å²) in [5, 5.41) is 5.56. The standard InChI is InChI=1S/C15H23N3O3S.ClH/c1-11(9-16)18-15(20)12-5-3-4-6-13(12)22-10-14(19)17-7-8-21-2;/h3-6,11H,7-10,16H2,1-2H3,(H,17,19)(H,18,20);1H/t11-;/m0./s1. The lowest BCUT2D eigenvalue weighted by Gasteiger charge is -2.13. The van der Waals surface area contributed by atoms with Gasteiger partial charge >= 0.3 is 0 Å². The van der Waals surface area contributed by atoms with Crippen molar-refractivity contribution in [3.8, 4) is 0 Å². The van der Waals surface area contributed by atoms with Gasteiger partial charge in [0.25, 0.3) is 5.91 Å². The highest BCUT2D eigenvalue weighted by molar-refractivity contribution is 8.00. The molecule has 0 saturated heterocycles. The number of nitrogens with one attached hydrogen (secondary N) is 2. The summed E-state index contributed by atoms with van der Waals surface area (Å²) >= 11 is 1.33. The maximum atomic E-state index is 12.2. The number of hydrogen-bond donors (Lipinski definition) is 3. The van der Waals surface area contributed by atoms with Crippen molar-refractivity contribution < 1.29 is 14.3 Å². The number of benzene rings is 1. The SMILES string of the molecule is COCCNC(=O)CSc1ccccc1C(=O)N[C@@H](C)CN.Cl. The molecule has 0 aromatic heterocycles. The monoisotopic (exact) mass is 361 g/mol. The van der Waals surface area contributed by atoms with E-state index in [0.717, 1.165) is 4.90 Å². The van der Waals surface area contributed by atoms with Gasteiger partial charge in [-0.3, -0.25) is 9.59 Å². The summed E-state index contributed by atoms with van der Waals surface area (Å²) < 4.78 is 4.87. The molecule has 0 unspecified atom stereocenters. The Morgan fingerprint density at radius 2 is 2.04 bits per heavy atom. The molecule has 0 radical (unpaired) electrons. The van der Waals surface area contributed by atoms with E-state index in [4.69, 9.17) is 10.5 Å². The molecule has 0 aliphatic carbocycles. The van der Waals surface area contributed by atoms with Crippen molar-refractivity contribution in [2.75, 3.05) is 32.6 Å². The minimum atomic E-state index is -0.180. The second-order valence-electron chi connectivity index (χ2n) is 4.74. The summed E-state index contributed by atoms with van der Waals surface area (Å²) in [4.78, 5) is 24.7. The molecule has 2 amide bonds. The van der Waals surface area contributed by atoms with Crippen LogP contribution in [0.15, 0.2) is 29.2 Å². The van der Waals surface area contributed by atoms with Crippen LogP contribution in [0.4, 0.5) is 0 Å². The van der Waals surface area contributed by atoms with Crippen LogP contribution < -0.4 is 16.4 Å². The first kappa shape index (κ1) is 21.7. The molecule has 0 heterocycles. The second-order valence-corrected chi connectivity index (χ2v) is 5.75. The predicted molar refractivity (Wildman–Crippen MR) is 95.3 cm³/mol. The summed E-state index contributed by atoms with van der Waals surface area (Å²) in [6.07, 6.45) is 0. The van der Waals surface area contributed by atoms with Crippen molar-refractivity contribution in [3.05, 3.63) is 29.8 Å². The number of nitrogens with two attached hydrogens (primary N) is 1. The van der Waals surface area contributed by atoms with Crippen LogP contribution in [0.2, 0.25) is 0 Å². The van der Waals surface area contributed by atoms with Crippen LogP contribution in [0.5, 0.6) is 0 Å². The molecule has 23 heavy (non-hydrogen) atoms. The van der Waals surface area contributed by atoms with Gasteiger partial charge in [0.05, 0.1) is 17.9 Å². The molecular formula is C15H24ClN3O3S. The average molecular weight is 362 g/mol. The predicted octanol–water partition coefficient (Wildman–Crippen LogP) is 1.04. The zero-order valence-electron chi connectivity index (χ0n) is 13.3. The van der Waals surface area contributed by atoms with E-state index in [9.17, 15) is 9.59 Å². The largest absolute Gasteiger partial charge is 0.383 e. The Morgan fingerprint density at radius 1 is 1.35 bits per heavy atom. The van der Waals surface area contributed by atoms with Crippen molar-refractivity contribution in [1.82, 2.24) is 10.6 Å². The van der Waals surface area contributed by atoms with Gasteiger partial charge in [0.1, 0.15) is 0 Å². The molecule has 0 saturated carbocycles. The van der Waals surface area contributed by atoms with Crippen molar-refractivity contribution in [3.63, 3.8) is 0 Å². The minimum absolute atomic E-state index is 0. The lowest BCUT2D eigenvalue weighted by molar-refractivity contribution is -0.118. The fraction of sp³-hybridized carbons (Fsp3) is 0.467. The van der Waals surface area contributed by atoms with Gasteiger partial charge in [-0.2, -0.15) is 0 Å². The summed E-state index contributed by atoms with van der Waals surface area (Å²) in [6, 6.07) is 7.11. The van der Waals surface area contributed by atoms with E-state index in [2.05, 4.69) is 10.6 Å². The van der Waals surface area contributed by atoms with Gasteiger partial charge in [0.2, 0.25) is 5.91 Å². The maximum Gasteiger partial charge on any atom is 0.252 e. The van der Waals surface area contributed by atoms with E-state index in [1.807, 2.05) is 19.1 Å². The molecule has 1 aromatic rings. The number of carbonyl (C=O) groups is 2. The number of halogens is 1. The quantitative estimate of drug-likeness (QED) is 0.451. The van der Waals surface area contributed by atoms with Crippen LogP contribution in [0.25, 0.3) is 0 Å². The van der Waals surface area contributed by atoms with E-state index in [1.165, 1.54) is 11.8 Å². The molecule has 0 aliphatic rings. The Bertz CT molecular complexity index is 503. The Kier molecular flexibility index (Phi) is 11.5. The third-order valence-electron chi connectivity index (χ3n) is 2.85. The Labute approximate surface area is 147 Å². The zero-order valence-corrected chi connectivity index (χ0v) is 15.0. The van der Waals surface area contributed by atoms with Crippen LogP contribution in [-0.2, 0) is 9.53 Å². The van der Waals surface area contributed by atoms with E-state index in [1.54, 1.807) is 19.2 Å². The Morgan fingerprint density at radius 3 is 2.70 bits per heavy atom. The van der Waals surface area contributed by atoms with Crippen LogP contribution in [-0.4, -0.2) is 50.4 Å². The molecule has 1 atom stereocenters. The highest BCUT2D eigenvalue weighted by atomic mass is 35.5. The average Bonchev–Trinajstić information content (AvgIpc) is 2.53. The molecule has 6 nitrogen and oxygen atoms in total. The summed E-state index contributed by atoms with van der Waals surface area (Å²) in [6.45, 7) is 3.18. The molecule has 0 bridgehead atoms. The smallest absolute Gasteiger partial charge is 0.252 e. The molecule has 0 aliphatic heterocycles. The van der Waals surface area contributed by atoms with Crippen LogP contribution in [0.3, 0.4) is 0 Å². The number of hydrogen-bond acceptors (Lipinski definition) is 5. The van der Waals surface area contributed by atoms with Gasteiger partial charge in [-0.25, -0.2) is 0 Å². The molecular weight excluding hydrogens is 338 g/mol. The molecule has 0 spiro atoms. The minimum Gasteiger partial charge on any atom is -0.383 e. The van der Waals surface area contributed by atoms with E-state index in [-0.39, 0.29) is 36.0 Å². The summed E-state index contributed by atoms with van der Waals surface area (Å²) in [5.74, 6) is -0.0195. The summed E-state index contributed by atoms with van der Waals surface area (Å²) in [7, 11) is 1.58. The first-order valence-electron chi connectivity index (χ1n) is 7.06. The van der Waals surface area contributed by atoms with Crippen molar-refractivity contribution in [2.24, 2.45) is 5.73 Å². The number of ether oxygens (including phenoxy) is 1. The third-order valence-corrected chi connectivity index (χ3v) is 3.92. The summed E-state index contributed by atoms with van der Waals surface area (Å²) in [5.41, 5.74) is 6.06. The van der Waals surface area contributed by atoms with Gasteiger partial charge in [-0.05, 0) is 19.1 Å². The van der Waals surface area contributed by atoms with Crippen molar-refractivity contribution in [1.29, 1.82) is 0 Å². The first-order chi connectivity index (χ1) is 10.6. The lowest BCUT2D eigenvalue weighted by Crippen LogP contribution is -2.38. The van der Waals surface area contributed by atoms with Gasteiger partial charge in [0, 0.05) is 31.1 Å². The molecule has 1 rings (SSSR count). The fourth-order valence-corrected chi connectivity index (χ4v) is 2.51. The van der Waals surface area contributed by atoms with Gasteiger partial charge in [-0.1, -0.05) is 12.1 Å². The number of thioether (sulfide) groups is 1. The highest BCUT2D eigenvalue weighted by Gasteiger charge is 2.14. The fourth-order valence-electron chi connectivity index (χ4n) is 1.63. The van der Waals surface area contributed by atoms with Crippen molar-refractivity contribution in [2.45, 2.75) is 17.9 Å². The molecule has 0 fully saturated rings. The number of methoxy groups -OCH3 is 1. The van der Waals surface area contributed by atoms with E-state index < -0.39 is 0 Å². The Hall–Kier alpha value is -1.28. The van der Waals surface area contributed by atoms with Gasteiger partial charge in [0.15, 0.2) is 0 Å². The number of rotatable bonds is 9. The molecule has 1 aromatic carbocycles.